The molecule has 0 spiro atoms. The Morgan fingerprint density at radius 2 is 1.62 bits per heavy atom. The van der Waals surface area contributed by atoms with Crippen molar-refractivity contribution in [2.75, 3.05) is 0 Å². The Labute approximate surface area is 154 Å². The molecular weight excluding hydrogens is 378 g/mol. The summed E-state index contributed by atoms with van der Waals surface area (Å²) in [5.41, 5.74) is 5.83. The Morgan fingerprint density at radius 1 is 0.952 bits per heavy atom. The maximum absolute atomic E-state index is 6.21. The van der Waals surface area contributed by atoms with Crippen LogP contribution in [0, 0.1) is 13.8 Å². The topological polar surface area (TPSA) is 0 Å². The quantitative estimate of drug-likeness (QED) is 0.353. The summed E-state index contributed by atoms with van der Waals surface area (Å²) in [5.74, 6) is 0. The average molecular weight is 393 g/mol. The molecule has 0 aliphatic carbocycles. The van der Waals surface area contributed by atoms with E-state index in [9.17, 15) is 0 Å². The maximum atomic E-state index is 6.21. The van der Waals surface area contributed by atoms with E-state index < -0.39 is 4.84 Å². The van der Waals surface area contributed by atoms with E-state index in [1.165, 1.54) is 27.5 Å². The largest absolute Gasteiger partial charge is 0.146 e. The van der Waals surface area contributed by atoms with Crippen molar-refractivity contribution in [3.63, 3.8) is 0 Å². The summed E-state index contributed by atoms with van der Waals surface area (Å²) >= 11 is 12.4. The summed E-state index contributed by atoms with van der Waals surface area (Å²) in [7, 11) is 0. The van der Waals surface area contributed by atoms with Crippen LogP contribution in [0.15, 0.2) is 48.5 Å². The number of fused-ring (bicyclic) bond motifs is 1. The molecule has 0 amide bonds. The Morgan fingerprint density at radius 3 is 2.24 bits per heavy atom. The molecule has 0 saturated heterocycles. The summed E-state index contributed by atoms with van der Waals surface area (Å²) < 4.78 is 0. The molecule has 21 heavy (non-hydrogen) atoms. The van der Waals surface area contributed by atoms with Gasteiger partial charge in [-0.1, -0.05) is 55.8 Å². The van der Waals surface area contributed by atoms with Crippen LogP contribution < -0.4 is 0 Å². The second-order valence-corrected chi connectivity index (χ2v) is 6.22. The van der Waals surface area contributed by atoms with E-state index in [1.807, 2.05) is 6.07 Å². The van der Waals surface area contributed by atoms with Gasteiger partial charge in [0, 0.05) is 26.2 Å². The first-order valence-corrected chi connectivity index (χ1v) is 7.50. The maximum Gasteiger partial charge on any atom is 0.0930 e. The van der Waals surface area contributed by atoms with Crippen LogP contribution in [0.4, 0.5) is 0 Å². The first-order valence-electron chi connectivity index (χ1n) is 6.62. The van der Waals surface area contributed by atoms with Gasteiger partial charge in [-0.2, -0.15) is 0 Å². The van der Waals surface area contributed by atoms with Crippen LogP contribution in [-0.4, -0.2) is 0 Å². The number of aryl methyl sites for hydroxylation is 2. The number of halogens is 2. The Bertz CT molecular complexity index is 758. The fourth-order valence-corrected chi connectivity index (χ4v) is 3.39. The van der Waals surface area contributed by atoms with E-state index >= 15 is 0 Å². The van der Waals surface area contributed by atoms with Gasteiger partial charge in [0.05, 0.1) is 4.84 Å². The molecule has 0 heterocycles. The third-order valence-corrected chi connectivity index (χ3v) is 4.26. The van der Waals surface area contributed by atoms with Gasteiger partial charge in [-0.25, -0.2) is 0 Å². The molecule has 106 valence electrons. The number of hydrogen-bond acceptors (Lipinski definition) is 0. The zero-order valence-corrected chi connectivity index (χ0v) is 15.9. The molecule has 0 aromatic heterocycles. The van der Waals surface area contributed by atoms with Gasteiger partial charge in [0.15, 0.2) is 0 Å². The molecule has 3 rings (SSSR count). The van der Waals surface area contributed by atoms with Crippen molar-refractivity contribution >= 4 is 34.0 Å². The molecule has 0 aliphatic rings. The van der Waals surface area contributed by atoms with Crippen molar-refractivity contribution in [2.24, 2.45) is 0 Å². The molecule has 0 saturated carbocycles. The van der Waals surface area contributed by atoms with Gasteiger partial charge in [0.2, 0.25) is 0 Å². The Hall–Kier alpha value is -0.487. The van der Waals surface area contributed by atoms with Crippen molar-refractivity contribution in [2.45, 2.75) is 18.7 Å². The summed E-state index contributed by atoms with van der Waals surface area (Å²) in [6.07, 6.45) is 0. The van der Waals surface area contributed by atoms with E-state index in [2.05, 4.69) is 56.3 Å². The number of benzene rings is 2. The predicted molar refractivity (Wildman–Crippen MR) is 88.9 cm³/mol. The molecule has 3 aromatic carbocycles. The zero-order chi connectivity index (χ0) is 14.3. The average Bonchev–Trinajstić information content (AvgIpc) is 2.78. The molecule has 0 fully saturated rings. The summed E-state index contributed by atoms with van der Waals surface area (Å²) in [5, 5.41) is 2.42. The second-order valence-electron chi connectivity index (χ2n) is 5.13. The smallest absolute Gasteiger partial charge is 0.0930 e. The van der Waals surface area contributed by atoms with Crippen molar-refractivity contribution in [1.82, 2.24) is 0 Å². The van der Waals surface area contributed by atoms with E-state index in [4.69, 9.17) is 23.2 Å². The van der Waals surface area contributed by atoms with Crippen molar-refractivity contribution in [3.05, 3.63) is 65.2 Å². The third kappa shape index (κ3) is 3.02. The van der Waals surface area contributed by atoms with Gasteiger partial charge in [0.25, 0.3) is 0 Å². The second kappa shape index (κ2) is 6.73. The van der Waals surface area contributed by atoms with Gasteiger partial charge in [-0.05, 0) is 5.56 Å². The molecule has 0 N–H and O–H groups in total. The van der Waals surface area contributed by atoms with E-state index in [0.717, 1.165) is 11.1 Å². The van der Waals surface area contributed by atoms with Gasteiger partial charge < -0.3 is 0 Å². The van der Waals surface area contributed by atoms with Crippen molar-refractivity contribution < 1.29 is 26.2 Å². The van der Waals surface area contributed by atoms with Gasteiger partial charge in [0.1, 0.15) is 0 Å². The number of hydrogen-bond donors (Lipinski definition) is 0. The molecule has 3 heteroatoms. The molecule has 3 aromatic rings. The van der Waals surface area contributed by atoms with Gasteiger partial charge >= 0.3 is 0 Å². The summed E-state index contributed by atoms with van der Waals surface area (Å²) in [6.45, 7) is 4.19. The fourth-order valence-electron chi connectivity index (χ4n) is 2.83. The minimum atomic E-state index is -0.503. The Balaban J connectivity index is 0.00000161. The molecule has 0 radical (unpaired) electrons. The number of rotatable bonds is 2. The first kappa shape index (κ1) is 16.9. The fraction of sp³-hybridized carbons (Fsp3) is 0.167. The standard InChI is InChI=1S/C18H15Cl2.Zr/c1-11-8-9-14(13-6-4-3-5-7-13)17-15(11)10-12(2)16(17)18(19)20;/h3-10,18H,1-2H3;/q-1;. The third-order valence-electron chi connectivity index (χ3n) is 3.82. The van der Waals surface area contributed by atoms with Crippen LogP contribution in [0.1, 0.15) is 21.5 Å². The summed E-state index contributed by atoms with van der Waals surface area (Å²) in [6, 6.07) is 16.9. The number of alkyl halides is 2. The van der Waals surface area contributed by atoms with Crippen LogP contribution in [0.5, 0.6) is 0 Å². The monoisotopic (exact) mass is 391 g/mol. The molecule has 0 unspecified atom stereocenters. The first-order chi connectivity index (χ1) is 9.59. The van der Waals surface area contributed by atoms with Crippen LogP contribution in [0.3, 0.4) is 0 Å². The molecule has 0 nitrogen and oxygen atoms in total. The minimum Gasteiger partial charge on any atom is -0.146 e. The van der Waals surface area contributed by atoms with Crippen molar-refractivity contribution in [1.29, 1.82) is 0 Å². The van der Waals surface area contributed by atoms with E-state index in [-0.39, 0.29) is 26.2 Å². The van der Waals surface area contributed by atoms with Crippen molar-refractivity contribution in [3.8, 4) is 11.1 Å². The predicted octanol–water partition coefficient (Wildman–Crippen LogP) is 6.32. The van der Waals surface area contributed by atoms with Crippen LogP contribution in [0.2, 0.25) is 0 Å². The molecule has 0 bridgehead atoms. The van der Waals surface area contributed by atoms with Crippen LogP contribution in [0.25, 0.3) is 21.9 Å². The Kier molecular flexibility index (Phi) is 5.41. The zero-order valence-electron chi connectivity index (χ0n) is 12.0. The SMILES string of the molecule is Cc1[cH-]c2c(C)ccc(-c3ccccc3)c2c1C(Cl)Cl.[Zr]. The van der Waals surface area contributed by atoms with Crippen LogP contribution in [-0.2, 0) is 26.2 Å². The minimum absolute atomic E-state index is 0. The molecule has 0 aliphatic heterocycles. The van der Waals surface area contributed by atoms with Gasteiger partial charge in [-0.15, -0.1) is 62.8 Å². The molecule has 0 atom stereocenters. The molecular formula is C18H15Cl2Zr-. The normalized spacial score (nSPS) is 10.9. The van der Waals surface area contributed by atoms with E-state index in [1.54, 1.807) is 0 Å². The van der Waals surface area contributed by atoms with Crippen LogP contribution >= 0.6 is 23.2 Å². The van der Waals surface area contributed by atoms with E-state index in [0.29, 0.717) is 0 Å². The summed E-state index contributed by atoms with van der Waals surface area (Å²) in [4.78, 5) is -0.503. The van der Waals surface area contributed by atoms with Gasteiger partial charge in [-0.3, -0.25) is 0 Å².